The van der Waals surface area contributed by atoms with Gasteiger partial charge in [0.1, 0.15) is 0 Å². The summed E-state index contributed by atoms with van der Waals surface area (Å²) in [5, 5.41) is 0. The topological polar surface area (TPSA) is 61.8 Å². The van der Waals surface area contributed by atoms with Gasteiger partial charge in [0.05, 0.1) is 12.3 Å². The Kier molecular flexibility index (Phi) is 4.22. The molecule has 1 spiro atoms. The summed E-state index contributed by atoms with van der Waals surface area (Å²) in [6.07, 6.45) is 7.51. The van der Waals surface area contributed by atoms with Crippen LogP contribution in [0.25, 0.3) is 0 Å². The Balaban J connectivity index is 1.56. The number of carbonyl (C=O) groups excluding carboxylic acids is 2. The van der Waals surface area contributed by atoms with Crippen LogP contribution in [0.3, 0.4) is 0 Å². The molecule has 4 aliphatic rings. The molecule has 0 aromatic rings. The average Bonchev–Trinajstić information content (AvgIpc) is 3.13. The fourth-order valence-electron chi connectivity index (χ4n) is 6.03. The van der Waals surface area contributed by atoms with Gasteiger partial charge in [-0.15, -0.1) is 0 Å². The van der Waals surface area contributed by atoms with Crippen LogP contribution >= 0.6 is 0 Å². The number of ether oxygens (including phenoxy) is 3. The lowest BCUT2D eigenvalue weighted by molar-refractivity contribution is -0.206. The van der Waals surface area contributed by atoms with Gasteiger partial charge in [0.2, 0.25) is 12.6 Å². The lowest BCUT2D eigenvalue weighted by Crippen LogP contribution is -2.36. The van der Waals surface area contributed by atoms with Gasteiger partial charge in [-0.2, -0.15) is 0 Å². The van der Waals surface area contributed by atoms with Crippen molar-refractivity contribution in [3.05, 3.63) is 11.6 Å². The summed E-state index contributed by atoms with van der Waals surface area (Å²) in [6, 6.07) is 0. The van der Waals surface area contributed by atoms with Crippen LogP contribution in [0.2, 0.25) is 0 Å². The van der Waals surface area contributed by atoms with Crippen molar-refractivity contribution >= 4 is 11.9 Å². The molecule has 4 fully saturated rings. The predicted octanol–water partition coefficient (Wildman–Crippen LogP) is 3.96. The van der Waals surface area contributed by atoms with Crippen LogP contribution in [0.4, 0.5) is 0 Å². The van der Waals surface area contributed by atoms with Gasteiger partial charge in [-0.25, -0.2) is 0 Å². The van der Waals surface area contributed by atoms with E-state index < -0.39 is 12.6 Å². The molecule has 0 aromatic heterocycles. The molecule has 2 saturated carbocycles. The van der Waals surface area contributed by atoms with Crippen molar-refractivity contribution in [2.45, 2.75) is 78.8 Å². The maximum Gasteiger partial charge on any atom is 0.308 e. The normalized spacial score (nSPS) is 43.9. The SMILES string of the molecule is C/C=C(\[C@@H]1[C@@H]2OC(=O)C[C@H]1[C@H](OC(C)=O)O2)[C@H]1C[C@@]12CCCC(C)(C)C2. The Labute approximate surface area is 155 Å². The molecule has 5 nitrogen and oxygen atoms in total. The van der Waals surface area contributed by atoms with Crippen LogP contribution in [0.1, 0.15) is 66.2 Å². The average molecular weight is 362 g/mol. The molecule has 0 amide bonds. The molecule has 0 radical (unpaired) electrons. The lowest BCUT2D eigenvalue weighted by Gasteiger charge is -2.38. The highest BCUT2D eigenvalue weighted by Gasteiger charge is 2.63. The minimum Gasteiger partial charge on any atom is -0.435 e. The molecule has 2 aliphatic heterocycles. The molecule has 2 saturated heterocycles. The highest BCUT2D eigenvalue weighted by atomic mass is 16.8. The monoisotopic (exact) mass is 362 g/mol. The third-order valence-electron chi connectivity index (χ3n) is 6.97. The summed E-state index contributed by atoms with van der Waals surface area (Å²) < 4.78 is 16.7. The lowest BCUT2D eigenvalue weighted by atomic mass is 9.68. The van der Waals surface area contributed by atoms with Crippen molar-refractivity contribution in [3.8, 4) is 0 Å². The van der Waals surface area contributed by atoms with Crippen molar-refractivity contribution < 1.29 is 23.8 Å². The van der Waals surface area contributed by atoms with Gasteiger partial charge in [0, 0.05) is 12.8 Å². The standard InChI is InChI=1S/C21H30O5/c1-5-13(15-10-21(15)8-6-7-20(3,4)11-21)17-14-9-16(23)25-19(17)26-18(14)24-12(2)22/h5,14-15,17-19H,6-11H2,1-4H3/b13-5-/t14-,15-,17+,18-,19-,21-/m1/s1. The highest BCUT2D eigenvalue weighted by molar-refractivity contribution is 5.72. The van der Waals surface area contributed by atoms with E-state index in [1.807, 2.05) is 0 Å². The third kappa shape index (κ3) is 2.98. The second kappa shape index (κ2) is 6.08. The summed E-state index contributed by atoms with van der Waals surface area (Å²) in [5.74, 6) is -0.223. The molecule has 2 aliphatic carbocycles. The van der Waals surface area contributed by atoms with E-state index in [-0.39, 0.29) is 30.2 Å². The zero-order valence-corrected chi connectivity index (χ0v) is 16.2. The van der Waals surface area contributed by atoms with Gasteiger partial charge in [0.15, 0.2) is 0 Å². The Morgan fingerprint density at radius 2 is 2.08 bits per heavy atom. The van der Waals surface area contributed by atoms with Gasteiger partial charge in [-0.3, -0.25) is 9.59 Å². The number of esters is 2. The van der Waals surface area contributed by atoms with E-state index in [0.29, 0.717) is 16.7 Å². The minimum absolute atomic E-state index is 0.0106. The Bertz CT molecular complexity index is 651. The molecule has 0 aromatic carbocycles. The summed E-state index contributed by atoms with van der Waals surface area (Å²) in [5.41, 5.74) is 2.15. The first-order valence-corrected chi connectivity index (χ1v) is 9.93. The van der Waals surface area contributed by atoms with E-state index in [4.69, 9.17) is 14.2 Å². The molecule has 0 N–H and O–H groups in total. The van der Waals surface area contributed by atoms with Gasteiger partial charge in [0.25, 0.3) is 0 Å². The van der Waals surface area contributed by atoms with E-state index >= 15 is 0 Å². The number of fused-ring (bicyclic) bond motifs is 2. The van der Waals surface area contributed by atoms with E-state index in [9.17, 15) is 9.59 Å². The fraction of sp³-hybridized carbons (Fsp3) is 0.810. The molecule has 5 heteroatoms. The first-order valence-electron chi connectivity index (χ1n) is 9.93. The van der Waals surface area contributed by atoms with Crippen LogP contribution in [0.5, 0.6) is 0 Å². The molecule has 2 heterocycles. The second-order valence-electron chi connectivity index (χ2n) is 9.47. The molecular weight excluding hydrogens is 332 g/mol. The molecule has 4 rings (SSSR count). The van der Waals surface area contributed by atoms with Gasteiger partial charge >= 0.3 is 11.9 Å². The van der Waals surface area contributed by atoms with Crippen molar-refractivity contribution in [2.24, 2.45) is 28.6 Å². The molecule has 2 bridgehead atoms. The van der Waals surface area contributed by atoms with Gasteiger partial charge in [-0.05, 0) is 49.4 Å². The number of hydrogen-bond donors (Lipinski definition) is 0. The van der Waals surface area contributed by atoms with E-state index in [2.05, 4.69) is 26.8 Å². The molecular formula is C21H30O5. The smallest absolute Gasteiger partial charge is 0.308 e. The highest BCUT2D eigenvalue weighted by Crippen LogP contribution is 2.69. The summed E-state index contributed by atoms with van der Waals surface area (Å²) in [6.45, 7) is 8.21. The maximum atomic E-state index is 11.9. The maximum absolute atomic E-state index is 11.9. The summed E-state index contributed by atoms with van der Waals surface area (Å²) in [7, 11) is 0. The molecule has 6 atom stereocenters. The van der Waals surface area contributed by atoms with E-state index in [1.165, 1.54) is 44.6 Å². The van der Waals surface area contributed by atoms with Crippen molar-refractivity contribution in [1.82, 2.24) is 0 Å². The second-order valence-corrected chi connectivity index (χ2v) is 9.47. The number of carbonyl (C=O) groups is 2. The number of rotatable bonds is 3. The zero-order valence-electron chi connectivity index (χ0n) is 16.2. The Hall–Kier alpha value is -1.36. The van der Waals surface area contributed by atoms with Gasteiger partial charge < -0.3 is 14.2 Å². The Morgan fingerprint density at radius 1 is 1.31 bits per heavy atom. The molecule has 26 heavy (non-hydrogen) atoms. The largest absolute Gasteiger partial charge is 0.435 e. The van der Waals surface area contributed by atoms with E-state index in [0.717, 1.165) is 0 Å². The van der Waals surface area contributed by atoms with Crippen LogP contribution in [-0.2, 0) is 23.8 Å². The van der Waals surface area contributed by atoms with Crippen LogP contribution in [0, 0.1) is 28.6 Å². The summed E-state index contributed by atoms with van der Waals surface area (Å²) in [4.78, 5) is 23.3. The number of hydrogen-bond acceptors (Lipinski definition) is 5. The predicted molar refractivity (Wildman–Crippen MR) is 94.7 cm³/mol. The van der Waals surface area contributed by atoms with Crippen LogP contribution < -0.4 is 0 Å². The first kappa shape index (κ1) is 18.0. The minimum atomic E-state index is -0.679. The quantitative estimate of drug-likeness (QED) is 0.562. The fourth-order valence-corrected chi connectivity index (χ4v) is 6.03. The zero-order chi connectivity index (χ0) is 18.7. The molecule has 144 valence electrons. The Morgan fingerprint density at radius 3 is 2.73 bits per heavy atom. The van der Waals surface area contributed by atoms with Gasteiger partial charge in [-0.1, -0.05) is 31.9 Å². The van der Waals surface area contributed by atoms with Crippen LogP contribution in [0.15, 0.2) is 11.6 Å². The summed E-state index contributed by atoms with van der Waals surface area (Å²) >= 11 is 0. The number of allylic oxidation sites excluding steroid dienone is 1. The molecule has 0 unspecified atom stereocenters. The first-order chi connectivity index (χ1) is 12.2. The van der Waals surface area contributed by atoms with Crippen LogP contribution in [-0.4, -0.2) is 24.5 Å². The van der Waals surface area contributed by atoms with Crippen molar-refractivity contribution in [3.63, 3.8) is 0 Å². The van der Waals surface area contributed by atoms with Crippen molar-refractivity contribution in [1.29, 1.82) is 0 Å². The van der Waals surface area contributed by atoms with Crippen molar-refractivity contribution in [2.75, 3.05) is 0 Å². The third-order valence-corrected chi connectivity index (χ3v) is 6.97. The van der Waals surface area contributed by atoms with E-state index in [1.54, 1.807) is 0 Å².